The zero-order valence-electron chi connectivity index (χ0n) is 17.8. The molecule has 158 valence electrons. The summed E-state index contributed by atoms with van der Waals surface area (Å²) in [7, 11) is 0. The zero-order chi connectivity index (χ0) is 20.4. The summed E-state index contributed by atoms with van der Waals surface area (Å²) in [6.07, 6.45) is 7.69. The maximum Gasteiger partial charge on any atom is 0.304 e. The predicted molar refractivity (Wildman–Crippen MR) is 112 cm³/mol. The molecule has 0 spiro atoms. The minimum Gasteiger partial charge on any atom is -0.494 e. The third-order valence-corrected chi connectivity index (χ3v) is 5.49. The molecule has 1 atom stereocenters. The second-order valence-electron chi connectivity index (χ2n) is 8.39. The minimum atomic E-state index is -0.759. The maximum atomic E-state index is 10.9. The quantitative estimate of drug-likeness (QED) is 0.505. The van der Waals surface area contributed by atoms with Crippen LogP contribution in [-0.2, 0) is 9.53 Å². The van der Waals surface area contributed by atoms with Gasteiger partial charge in [0, 0.05) is 18.6 Å². The van der Waals surface area contributed by atoms with Crippen LogP contribution in [0, 0.1) is 0 Å². The van der Waals surface area contributed by atoms with E-state index in [1.54, 1.807) is 0 Å². The molecule has 1 fully saturated rings. The van der Waals surface area contributed by atoms with Crippen LogP contribution < -0.4 is 4.74 Å². The number of hydrogen-bond donors (Lipinski definition) is 1. The molecule has 28 heavy (non-hydrogen) atoms. The number of carbonyl (C=O) groups is 1. The number of carboxylic acids is 1. The van der Waals surface area contributed by atoms with Gasteiger partial charge in [0.25, 0.3) is 0 Å². The number of ether oxygens (including phenoxy) is 2. The fourth-order valence-electron chi connectivity index (χ4n) is 3.57. The first-order valence-electron chi connectivity index (χ1n) is 10.7. The molecule has 0 radical (unpaired) electrons. The van der Waals surface area contributed by atoms with Crippen LogP contribution in [0.2, 0.25) is 0 Å². The Balaban J connectivity index is 1.79. The first-order chi connectivity index (χ1) is 13.4. The monoisotopic (exact) mass is 391 g/mol. The van der Waals surface area contributed by atoms with E-state index >= 15 is 0 Å². The number of aliphatic carboxylic acids is 1. The lowest BCUT2D eigenvalue weighted by molar-refractivity contribution is -0.140. The highest BCUT2D eigenvalue weighted by atomic mass is 16.5. The van der Waals surface area contributed by atoms with Gasteiger partial charge in [0.15, 0.2) is 0 Å². The molecule has 1 aromatic carbocycles. The van der Waals surface area contributed by atoms with Crippen molar-refractivity contribution >= 4 is 5.97 Å². The Morgan fingerprint density at radius 1 is 1.18 bits per heavy atom. The third kappa shape index (κ3) is 7.44. The topological polar surface area (TPSA) is 59.0 Å². The van der Waals surface area contributed by atoms with Crippen molar-refractivity contribution in [2.75, 3.05) is 26.3 Å². The number of morpholine rings is 1. The number of nitrogens with zero attached hydrogens (tertiary/aromatic N) is 1. The SMILES string of the molecule is CCCCCCCCOc1ccc(C2CN(CCC(=O)O)C(C)(C)CO2)cc1. The van der Waals surface area contributed by atoms with Crippen molar-refractivity contribution in [3.05, 3.63) is 29.8 Å². The van der Waals surface area contributed by atoms with Gasteiger partial charge in [-0.15, -0.1) is 0 Å². The summed E-state index contributed by atoms with van der Waals surface area (Å²) in [5.41, 5.74) is 0.967. The zero-order valence-corrected chi connectivity index (χ0v) is 17.8. The average molecular weight is 392 g/mol. The van der Waals surface area contributed by atoms with E-state index in [1.807, 2.05) is 12.1 Å². The molecule has 1 aliphatic heterocycles. The Bertz CT molecular complexity index is 585. The summed E-state index contributed by atoms with van der Waals surface area (Å²) in [5.74, 6) is 0.141. The van der Waals surface area contributed by atoms with Crippen molar-refractivity contribution in [3.8, 4) is 5.75 Å². The summed E-state index contributed by atoms with van der Waals surface area (Å²) >= 11 is 0. The van der Waals surface area contributed by atoms with Gasteiger partial charge in [-0.05, 0) is 38.0 Å². The van der Waals surface area contributed by atoms with E-state index in [9.17, 15) is 4.79 Å². The molecule has 5 nitrogen and oxygen atoms in total. The number of carboxylic acid groups (broad SMARTS) is 1. The van der Waals surface area contributed by atoms with Gasteiger partial charge >= 0.3 is 5.97 Å². The first kappa shape index (κ1) is 22.7. The summed E-state index contributed by atoms with van der Waals surface area (Å²) < 4.78 is 11.9. The molecular weight excluding hydrogens is 354 g/mol. The molecule has 1 unspecified atom stereocenters. The molecular formula is C23H37NO4. The molecule has 1 aromatic rings. The summed E-state index contributed by atoms with van der Waals surface area (Å²) in [4.78, 5) is 13.2. The molecule has 0 amide bonds. The molecule has 0 saturated carbocycles. The van der Waals surface area contributed by atoms with E-state index in [0.29, 0.717) is 19.7 Å². The van der Waals surface area contributed by atoms with Gasteiger partial charge in [-0.3, -0.25) is 9.69 Å². The Morgan fingerprint density at radius 2 is 1.86 bits per heavy atom. The van der Waals surface area contributed by atoms with Crippen molar-refractivity contribution in [2.45, 2.75) is 77.4 Å². The smallest absolute Gasteiger partial charge is 0.304 e. The van der Waals surface area contributed by atoms with Crippen LogP contribution in [0.3, 0.4) is 0 Å². The lowest BCUT2D eigenvalue weighted by Crippen LogP contribution is -2.54. The minimum absolute atomic E-state index is 0.0329. The number of hydrogen-bond acceptors (Lipinski definition) is 4. The highest BCUT2D eigenvalue weighted by molar-refractivity contribution is 5.66. The average Bonchev–Trinajstić information content (AvgIpc) is 2.67. The molecule has 0 aromatic heterocycles. The van der Waals surface area contributed by atoms with Crippen molar-refractivity contribution < 1.29 is 19.4 Å². The van der Waals surface area contributed by atoms with E-state index in [2.05, 4.69) is 37.8 Å². The van der Waals surface area contributed by atoms with Gasteiger partial charge in [0.2, 0.25) is 0 Å². The van der Waals surface area contributed by atoms with Crippen LogP contribution in [0.1, 0.15) is 77.4 Å². The number of rotatable bonds is 12. The second kappa shape index (κ2) is 11.4. The lowest BCUT2D eigenvalue weighted by atomic mass is 9.98. The van der Waals surface area contributed by atoms with Crippen molar-refractivity contribution in [2.24, 2.45) is 0 Å². The molecule has 1 N–H and O–H groups in total. The first-order valence-corrected chi connectivity index (χ1v) is 10.7. The van der Waals surface area contributed by atoms with E-state index in [-0.39, 0.29) is 18.1 Å². The standard InChI is InChI=1S/C23H37NO4/c1-4-5-6-7-8-9-16-27-20-12-10-19(11-13-20)21-17-24(15-14-22(25)26)23(2,3)18-28-21/h10-13,21H,4-9,14-18H2,1-3H3,(H,25,26). The summed E-state index contributed by atoms with van der Waals surface area (Å²) in [6, 6.07) is 8.15. The highest BCUT2D eigenvalue weighted by Crippen LogP contribution is 2.31. The van der Waals surface area contributed by atoms with Crippen LogP contribution in [0.25, 0.3) is 0 Å². The maximum absolute atomic E-state index is 10.9. The van der Waals surface area contributed by atoms with Gasteiger partial charge < -0.3 is 14.6 Å². The van der Waals surface area contributed by atoms with E-state index in [4.69, 9.17) is 14.6 Å². The Hall–Kier alpha value is -1.59. The van der Waals surface area contributed by atoms with Gasteiger partial charge in [0.1, 0.15) is 5.75 Å². The third-order valence-electron chi connectivity index (χ3n) is 5.49. The lowest BCUT2D eigenvalue weighted by Gasteiger charge is -2.45. The molecule has 1 saturated heterocycles. The van der Waals surface area contributed by atoms with Crippen molar-refractivity contribution in [1.82, 2.24) is 4.90 Å². The van der Waals surface area contributed by atoms with Gasteiger partial charge in [0.05, 0.1) is 25.7 Å². The Kier molecular flexibility index (Phi) is 9.26. The fourth-order valence-corrected chi connectivity index (χ4v) is 3.57. The van der Waals surface area contributed by atoms with E-state index < -0.39 is 5.97 Å². The van der Waals surface area contributed by atoms with Crippen LogP contribution >= 0.6 is 0 Å². The molecule has 5 heteroatoms. The van der Waals surface area contributed by atoms with Gasteiger partial charge in [-0.1, -0.05) is 51.2 Å². The molecule has 2 rings (SSSR count). The molecule has 0 bridgehead atoms. The fraction of sp³-hybridized carbons (Fsp3) is 0.696. The highest BCUT2D eigenvalue weighted by Gasteiger charge is 2.35. The second-order valence-corrected chi connectivity index (χ2v) is 8.39. The van der Waals surface area contributed by atoms with E-state index in [1.165, 1.54) is 32.1 Å². The van der Waals surface area contributed by atoms with Crippen LogP contribution in [0.5, 0.6) is 5.75 Å². The normalized spacial score (nSPS) is 19.5. The Morgan fingerprint density at radius 3 is 2.54 bits per heavy atom. The van der Waals surface area contributed by atoms with Crippen molar-refractivity contribution in [3.63, 3.8) is 0 Å². The van der Waals surface area contributed by atoms with Crippen LogP contribution in [0.4, 0.5) is 0 Å². The van der Waals surface area contributed by atoms with E-state index in [0.717, 1.165) is 24.3 Å². The molecule has 0 aliphatic carbocycles. The summed E-state index contributed by atoms with van der Waals surface area (Å²) in [5, 5.41) is 9.00. The molecule has 1 aliphatic rings. The number of unbranched alkanes of at least 4 members (excludes halogenated alkanes) is 5. The molecule has 1 heterocycles. The van der Waals surface area contributed by atoms with Crippen molar-refractivity contribution in [1.29, 1.82) is 0 Å². The largest absolute Gasteiger partial charge is 0.494 e. The predicted octanol–water partition coefficient (Wildman–Crippen LogP) is 5.05. The van der Waals surface area contributed by atoms with Crippen LogP contribution in [-0.4, -0.2) is 47.8 Å². The summed E-state index contributed by atoms with van der Waals surface area (Å²) in [6.45, 7) is 9.05. The van der Waals surface area contributed by atoms with Gasteiger partial charge in [-0.25, -0.2) is 0 Å². The van der Waals surface area contributed by atoms with Crippen LogP contribution in [0.15, 0.2) is 24.3 Å². The Labute approximate surface area is 170 Å². The van der Waals surface area contributed by atoms with Gasteiger partial charge in [-0.2, -0.15) is 0 Å². The number of benzene rings is 1.